The lowest BCUT2D eigenvalue weighted by Gasteiger charge is -2.32. The van der Waals surface area contributed by atoms with Crippen molar-refractivity contribution >= 4 is 41.4 Å². The van der Waals surface area contributed by atoms with Gasteiger partial charge in [-0.05, 0) is 59.7 Å². The third-order valence-corrected chi connectivity index (χ3v) is 7.62. The van der Waals surface area contributed by atoms with E-state index < -0.39 is 0 Å². The molecule has 0 unspecified atom stereocenters. The first-order valence-electron chi connectivity index (χ1n) is 14.4. The Bertz CT molecular complexity index is 1530. The number of nitrogens with two attached hydrogens (primary N) is 1. The smallest absolute Gasteiger partial charge is 0.239 e. The maximum atomic E-state index is 13.3. The number of hydrogen-bond donors (Lipinski definition) is 3. The van der Waals surface area contributed by atoms with Gasteiger partial charge in [-0.2, -0.15) is 0 Å². The van der Waals surface area contributed by atoms with Crippen molar-refractivity contribution in [2.24, 2.45) is 5.73 Å². The molecule has 43 heavy (non-hydrogen) atoms. The van der Waals surface area contributed by atoms with Gasteiger partial charge in [0.05, 0.1) is 6.54 Å². The normalized spacial score (nSPS) is 12.0. The summed E-state index contributed by atoms with van der Waals surface area (Å²) in [5.74, 6) is 0.0958. The van der Waals surface area contributed by atoms with Crippen molar-refractivity contribution < 1.29 is 9.59 Å². The van der Waals surface area contributed by atoms with E-state index in [1.807, 2.05) is 89.8 Å². The number of anilines is 2. The molecular weight excluding hydrogens is 558 g/mol. The summed E-state index contributed by atoms with van der Waals surface area (Å²) in [6, 6.07) is 33.8. The van der Waals surface area contributed by atoms with Crippen LogP contribution in [0.5, 0.6) is 0 Å². The zero-order valence-corrected chi connectivity index (χ0v) is 25.0. The van der Waals surface area contributed by atoms with Gasteiger partial charge in [0.2, 0.25) is 11.8 Å². The molecule has 4 aromatic rings. The second-order valence-corrected chi connectivity index (χ2v) is 10.7. The predicted molar refractivity (Wildman–Crippen MR) is 176 cm³/mol. The lowest BCUT2D eigenvalue weighted by Crippen LogP contribution is -2.37. The van der Waals surface area contributed by atoms with Gasteiger partial charge in [-0.15, -0.1) is 12.4 Å². The number of benzene rings is 4. The number of hydrogen-bond acceptors (Lipinski definition) is 4. The fourth-order valence-electron chi connectivity index (χ4n) is 5.34. The minimum atomic E-state index is -0.0411. The Morgan fingerprint density at radius 1 is 0.860 bits per heavy atom. The third kappa shape index (κ3) is 8.46. The molecule has 4 N–H and O–H groups in total. The molecule has 2 amide bonds. The molecule has 0 aliphatic carbocycles. The van der Waals surface area contributed by atoms with Crippen LogP contribution in [0.25, 0.3) is 0 Å². The highest BCUT2D eigenvalue weighted by Gasteiger charge is 2.24. The number of nitrogens with one attached hydrogen (secondary N) is 2. The summed E-state index contributed by atoms with van der Waals surface area (Å²) < 4.78 is 0. The number of amides is 2. The number of amidine groups is 1. The van der Waals surface area contributed by atoms with Crippen molar-refractivity contribution in [2.45, 2.75) is 38.8 Å². The number of nitrogens with zero attached hydrogens (tertiary/aromatic N) is 2. The van der Waals surface area contributed by atoms with Gasteiger partial charge in [-0.3, -0.25) is 15.0 Å². The molecule has 0 saturated heterocycles. The minimum absolute atomic E-state index is 0. The lowest BCUT2D eigenvalue weighted by atomic mass is 9.99. The van der Waals surface area contributed by atoms with Crippen LogP contribution < -0.4 is 20.9 Å². The highest BCUT2D eigenvalue weighted by molar-refractivity contribution is 5.96. The van der Waals surface area contributed by atoms with Gasteiger partial charge >= 0.3 is 0 Å². The van der Waals surface area contributed by atoms with Crippen molar-refractivity contribution in [2.75, 3.05) is 22.9 Å². The van der Waals surface area contributed by atoms with Crippen molar-refractivity contribution in [3.63, 3.8) is 0 Å². The molecule has 1 heterocycles. The van der Waals surface area contributed by atoms with Crippen molar-refractivity contribution in [3.05, 3.63) is 131 Å². The summed E-state index contributed by atoms with van der Waals surface area (Å²) in [5, 5.41) is 10.6. The monoisotopic (exact) mass is 595 g/mol. The van der Waals surface area contributed by atoms with E-state index in [1.54, 1.807) is 0 Å². The van der Waals surface area contributed by atoms with Crippen LogP contribution in [-0.4, -0.2) is 30.7 Å². The second-order valence-electron chi connectivity index (χ2n) is 10.7. The standard InChI is InChI=1S/C35H37N5O2.ClH/c36-35(37)29-16-13-26(14-17-29)15-20-34(42)40-21-7-12-30-22-31(18-19-32(30)40)39(24-28-10-5-2-6-11-28)25-33(41)38-23-27-8-3-1-4-9-27;/h1-6,8-11,13-14,16-19,22H,7,12,15,20-21,23-25H2,(H3,36,37)(H,38,41);1H. The lowest BCUT2D eigenvalue weighted by molar-refractivity contribution is -0.120. The average Bonchev–Trinajstić information content (AvgIpc) is 3.03. The van der Waals surface area contributed by atoms with E-state index in [9.17, 15) is 9.59 Å². The highest BCUT2D eigenvalue weighted by Crippen LogP contribution is 2.32. The van der Waals surface area contributed by atoms with E-state index in [0.29, 0.717) is 38.0 Å². The molecule has 1 aliphatic rings. The predicted octanol–water partition coefficient (Wildman–Crippen LogP) is 5.63. The summed E-state index contributed by atoms with van der Waals surface area (Å²) in [5.41, 5.74) is 12.5. The molecule has 0 saturated carbocycles. The van der Waals surface area contributed by atoms with Gasteiger partial charge in [0.1, 0.15) is 5.84 Å². The number of aryl methyl sites for hydroxylation is 2. The molecule has 0 aromatic heterocycles. The van der Waals surface area contributed by atoms with E-state index in [-0.39, 0.29) is 36.6 Å². The molecule has 222 valence electrons. The van der Waals surface area contributed by atoms with Crippen LogP contribution in [0.3, 0.4) is 0 Å². The number of carbonyl (C=O) groups is 2. The Morgan fingerprint density at radius 2 is 1.53 bits per heavy atom. The van der Waals surface area contributed by atoms with Crippen LogP contribution in [0.2, 0.25) is 0 Å². The van der Waals surface area contributed by atoms with E-state index >= 15 is 0 Å². The summed E-state index contributed by atoms with van der Waals surface area (Å²) >= 11 is 0. The topological polar surface area (TPSA) is 103 Å². The molecule has 0 spiro atoms. The molecule has 8 heteroatoms. The van der Waals surface area contributed by atoms with Gasteiger partial charge in [-0.25, -0.2) is 0 Å². The van der Waals surface area contributed by atoms with Crippen molar-refractivity contribution in [1.29, 1.82) is 5.41 Å². The number of nitrogen functional groups attached to an aromatic ring is 1. The SMILES string of the molecule is Cl.N=C(N)c1ccc(CCC(=O)N2CCCc3cc(N(CC(=O)NCc4ccccc4)Cc4ccccc4)ccc32)cc1. The van der Waals surface area contributed by atoms with Gasteiger partial charge in [0.25, 0.3) is 0 Å². The quantitative estimate of drug-likeness (QED) is 0.154. The molecule has 0 bridgehead atoms. The van der Waals surface area contributed by atoms with Crippen molar-refractivity contribution in [3.8, 4) is 0 Å². The number of carbonyl (C=O) groups excluding carboxylic acids is 2. The Kier molecular flexibility index (Phi) is 10.9. The van der Waals surface area contributed by atoms with E-state index in [0.717, 1.165) is 46.5 Å². The zero-order chi connectivity index (χ0) is 29.3. The maximum absolute atomic E-state index is 13.3. The first-order valence-corrected chi connectivity index (χ1v) is 14.4. The summed E-state index contributed by atoms with van der Waals surface area (Å²) in [6.45, 7) is 2.01. The molecule has 0 radical (unpaired) electrons. The summed E-state index contributed by atoms with van der Waals surface area (Å²) in [6.07, 6.45) is 2.82. The summed E-state index contributed by atoms with van der Waals surface area (Å²) in [7, 11) is 0. The maximum Gasteiger partial charge on any atom is 0.239 e. The Morgan fingerprint density at radius 3 is 2.21 bits per heavy atom. The number of halogens is 1. The number of rotatable bonds is 11. The van der Waals surface area contributed by atoms with Crippen LogP contribution in [0.15, 0.2) is 103 Å². The largest absolute Gasteiger partial charge is 0.384 e. The van der Waals surface area contributed by atoms with Crippen LogP contribution >= 0.6 is 12.4 Å². The Labute approximate surface area is 259 Å². The molecule has 0 fully saturated rings. The Balaban J connectivity index is 0.00000423. The van der Waals surface area contributed by atoms with Gasteiger partial charge in [-0.1, -0.05) is 84.9 Å². The molecule has 0 atom stereocenters. The minimum Gasteiger partial charge on any atom is -0.384 e. The second kappa shape index (κ2) is 15.0. The van der Waals surface area contributed by atoms with E-state index in [2.05, 4.69) is 28.4 Å². The van der Waals surface area contributed by atoms with Crippen LogP contribution in [0.1, 0.15) is 40.7 Å². The first-order chi connectivity index (χ1) is 20.5. The molecule has 4 aromatic carbocycles. The van der Waals surface area contributed by atoms with E-state index in [4.69, 9.17) is 11.1 Å². The van der Waals surface area contributed by atoms with Crippen LogP contribution in [0, 0.1) is 5.41 Å². The number of fused-ring (bicyclic) bond motifs is 1. The fraction of sp³-hybridized carbons (Fsp3) is 0.229. The molecule has 5 rings (SSSR count). The van der Waals surface area contributed by atoms with Crippen LogP contribution in [-0.2, 0) is 35.5 Å². The van der Waals surface area contributed by atoms with Crippen LogP contribution in [0.4, 0.5) is 11.4 Å². The molecular formula is C35H38ClN5O2. The highest BCUT2D eigenvalue weighted by atomic mass is 35.5. The third-order valence-electron chi connectivity index (χ3n) is 7.62. The van der Waals surface area contributed by atoms with E-state index in [1.165, 1.54) is 0 Å². The van der Waals surface area contributed by atoms with Gasteiger partial charge in [0, 0.05) is 43.0 Å². The molecule has 7 nitrogen and oxygen atoms in total. The average molecular weight is 596 g/mol. The molecule has 1 aliphatic heterocycles. The Hall–Kier alpha value is -4.62. The fourth-order valence-corrected chi connectivity index (χ4v) is 5.34. The van der Waals surface area contributed by atoms with Gasteiger partial charge < -0.3 is 20.9 Å². The van der Waals surface area contributed by atoms with Crippen molar-refractivity contribution in [1.82, 2.24) is 5.32 Å². The van der Waals surface area contributed by atoms with Gasteiger partial charge in [0.15, 0.2) is 0 Å². The summed E-state index contributed by atoms with van der Waals surface area (Å²) in [4.78, 5) is 30.4. The zero-order valence-electron chi connectivity index (χ0n) is 24.2. The first kappa shape index (κ1) is 31.3.